The molecule has 0 aliphatic rings. The van der Waals surface area contributed by atoms with Crippen molar-refractivity contribution >= 4 is 11.4 Å². The van der Waals surface area contributed by atoms with Crippen LogP contribution in [0, 0.1) is 13.8 Å². The van der Waals surface area contributed by atoms with Crippen LogP contribution in [-0.4, -0.2) is 10.7 Å². The fraction of sp³-hybridized carbons (Fsp3) is 0.550. The van der Waals surface area contributed by atoms with Crippen LogP contribution in [-0.2, 0) is 29.3 Å². The zero-order chi connectivity index (χ0) is 31.4. The number of rotatable bonds is 19. The summed E-state index contributed by atoms with van der Waals surface area (Å²) in [6.45, 7) is 19.0. The largest absolute Gasteiger partial charge is 2.00 e. The van der Waals surface area contributed by atoms with E-state index in [2.05, 4.69) is 101 Å². The van der Waals surface area contributed by atoms with Crippen molar-refractivity contribution in [2.45, 2.75) is 144 Å². The molecule has 3 heteroatoms. The Morgan fingerprint density at radius 2 is 1.02 bits per heavy atom. The van der Waals surface area contributed by atoms with E-state index in [1.807, 2.05) is 0 Å². The summed E-state index contributed by atoms with van der Waals surface area (Å²) in [6.07, 6.45) is 18.7. The Balaban J connectivity index is 0. The van der Waals surface area contributed by atoms with Crippen molar-refractivity contribution in [1.29, 1.82) is 0 Å². The molecule has 43 heavy (non-hydrogen) atoms. The molecule has 0 atom stereocenters. The molecule has 0 unspecified atom stereocenters. The number of aryl methyl sites for hydroxylation is 2. The van der Waals surface area contributed by atoms with Gasteiger partial charge in [0.25, 0.3) is 0 Å². The molecule has 0 N–H and O–H groups in total. The van der Waals surface area contributed by atoms with Crippen molar-refractivity contribution < 1.29 is 21.3 Å². The number of hydrogen-bond acceptors (Lipinski definition) is 0. The maximum Gasteiger partial charge on any atom is 2.00 e. The normalized spacial score (nSPS) is 10.5. The molecule has 0 aliphatic heterocycles. The summed E-state index contributed by atoms with van der Waals surface area (Å²) in [6, 6.07) is 18.5. The number of unbranched alkanes of at least 4 members (excludes halogenated alkanes) is 8. The molecule has 0 saturated carbocycles. The second-order valence-corrected chi connectivity index (χ2v) is 10.8. The number of benzene rings is 2. The average molecular weight is 630 g/mol. The average Bonchev–Trinajstić information content (AvgIpc) is 3.05. The molecule has 0 spiro atoms. The third-order valence-corrected chi connectivity index (χ3v) is 7.53. The Kier molecular flexibility index (Phi) is 29.9. The second-order valence-electron chi connectivity index (χ2n) is 10.8. The van der Waals surface area contributed by atoms with E-state index in [-0.39, 0.29) is 16.5 Å². The number of allylic oxidation sites excluding steroid dienone is 2. The van der Waals surface area contributed by atoms with Crippen LogP contribution in [0.15, 0.2) is 59.7 Å². The van der Waals surface area contributed by atoms with Gasteiger partial charge in [-0.2, -0.15) is 13.8 Å². The Morgan fingerprint density at radius 3 is 1.47 bits per heavy atom. The van der Waals surface area contributed by atoms with Gasteiger partial charge in [-0.25, -0.2) is 0 Å². The van der Waals surface area contributed by atoms with Gasteiger partial charge >= 0.3 is 22.4 Å². The van der Waals surface area contributed by atoms with Gasteiger partial charge in [-0.1, -0.05) is 128 Å². The molecule has 0 heterocycles. The van der Waals surface area contributed by atoms with Gasteiger partial charge in [0, 0.05) is 0 Å². The van der Waals surface area contributed by atoms with Gasteiger partial charge in [-0.15, -0.1) is 4.79 Å². The van der Waals surface area contributed by atoms with Crippen LogP contribution in [0.3, 0.4) is 0 Å². The van der Waals surface area contributed by atoms with Crippen molar-refractivity contribution in [3.8, 4) is 0 Å². The van der Waals surface area contributed by atoms with Crippen LogP contribution in [0.5, 0.6) is 0 Å². The van der Waals surface area contributed by atoms with Crippen LogP contribution in [0.2, 0.25) is 0 Å². The molecule has 242 valence electrons. The van der Waals surface area contributed by atoms with E-state index in [0.29, 0.717) is 0 Å². The quantitative estimate of drug-likeness (QED) is 0.0282. The molecule has 2 nitrogen and oxygen atoms in total. The van der Waals surface area contributed by atoms with E-state index in [9.17, 15) is 5.53 Å². The van der Waals surface area contributed by atoms with E-state index >= 15 is 0 Å². The Hall–Kier alpha value is -2.17. The van der Waals surface area contributed by atoms with Crippen LogP contribution in [0.1, 0.15) is 154 Å². The minimum atomic E-state index is 0. The van der Waals surface area contributed by atoms with Crippen LogP contribution < -0.4 is 0 Å². The maximum absolute atomic E-state index is 9.58. The molecular formula is C40H62N2Ni. The first-order valence-corrected chi connectivity index (χ1v) is 17.0. The summed E-state index contributed by atoms with van der Waals surface area (Å²) >= 11 is 0. The van der Waals surface area contributed by atoms with Gasteiger partial charge in [0.15, 0.2) is 0 Å². The predicted molar refractivity (Wildman–Crippen MR) is 188 cm³/mol. The summed E-state index contributed by atoms with van der Waals surface area (Å²) in [5.74, 6) is 3.02. The third-order valence-electron chi connectivity index (χ3n) is 7.53. The van der Waals surface area contributed by atoms with Crippen molar-refractivity contribution in [2.24, 2.45) is 0 Å². The van der Waals surface area contributed by atoms with Crippen molar-refractivity contribution in [3.05, 3.63) is 101 Å². The van der Waals surface area contributed by atoms with Gasteiger partial charge < -0.3 is 19.4 Å². The molecule has 0 saturated heterocycles. The molecule has 0 bridgehead atoms. The van der Waals surface area contributed by atoms with Gasteiger partial charge in [0.2, 0.25) is 0 Å². The molecule has 2 aromatic rings. The molecule has 0 radical (unpaired) electrons. The molecule has 2 aromatic carbocycles. The van der Waals surface area contributed by atoms with E-state index in [1.54, 1.807) is 13.8 Å². The molecule has 0 fully saturated rings. The third kappa shape index (κ3) is 17.7. The van der Waals surface area contributed by atoms with Gasteiger partial charge in [-0.3, -0.25) is 0 Å². The molecule has 2 rings (SSSR count). The fourth-order valence-electron chi connectivity index (χ4n) is 5.17. The fourth-order valence-corrected chi connectivity index (χ4v) is 5.17. The van der Waals surface area contributed by atoms with Crippen molar-refractivity contribution in [1.82, 2.24) is 0 Å². The van der Waals surface area contributed by atoms with Crippen LogP contribution >= 0.6 is 0 Å². The zero-order valence-corrected chi connectivity index (χ0v) is 29.5. The summed E-state index contributed by atoms with van der Waals surface area (Å²) in [4.78, 5) is 3.42. The molecule has 0 aromatic heterocycles. The smallest absolute Gasteiger partial charge is 0.348 e. The second kappa shape index (κ2) is 29.9. The minimum Gasteiger partial charge on any atom is -0.348 e. The monoisotopic (exact) mass is 628 g/mol. The van der Waals surface area contributed by atoms with E-state index in [0.717, 1.165) is 50.5 Å². The SMILES string of the molecule is CCCCCCC(=C=[N+]=[N-])C(CCCC)=C(c1ccc(CCCC)cc1)c1ccc(CCCCCC)cc1.[CH2-]C.[CH2-]C.[Ni+2]. The first-order chi connectivity index (χ1) is 20.7. The van der Waals surface area contributed by atoms with Gasteiger partial charge in [0.05, 0.1) is 5.57 Å². The summed E-state index contributed by atoms with van der Waals surface area (Å²) in [5.41, 5.74) is 18.5. The summed E-state index contributed by atoms with van der Waals surface area (Å²) in [5, 5.41) is 0. The topological polar surface area (TPSA) is 36.4 Å². The Bertz CT molecular complexity index is 1040. The van der Waals surface area contributed by atoms with E-state index in [1.165, 1.54) is 91.2 Å². The van der Waals surface area contributed by atoms with Gasteiger partial charge in [-0.05, 0) is 84.8 Å². The first-order valence-electron chi connectivity index (χ1n) is 17.0. The summed E-state index contributed by atoms with van der Waals surface area (Å²) < 4.78 is 0. The maximum atomic E-state index is 9.58. The molecule has 0 aliphatic carbocycles. The molecular weight excluding hydrogens is 567 g/mol. The van der Waals surface area contributed by atoms with Crippen molar-refractivity contribution in [2.75, 3.05) is 0 Å². The number of hydrogen-bond donors (Lipinski definition) is 0. The van der Waals surface area contributed by atoms with E-state index in [4.69, 9.17) is 0 Å². The zero-order valence-electron chi connectivity index (χ0n) is 28.6. The Morgan fingerprint density at radius 1 is 0.581 bits per heavy atom. The van der Waals surface area contributed by atoms with Crippen LogP contribution in [0.25, 0.3) is 11.1 Å². The predicted octanol–water partition coefficient (Wildman–Crippen LogP) is 12.6. The minimum absolute atomic E-state index is 0. The first kappa shape index (κ1) is 43.0. The Labute approximate surface area is 277 Å². The molecule has 0 amide bonds. The summed E-state index contributed by atoms with van der Waals surface area (Å²) in [7, 11) is 0. The van der Waals surface area contributed by atoms with Crippen LogP contribution in [0.4, 0.5) is 0 Å². The van der Waals surface area contributed by atoms with E-state index < -0.39 is 0 Å². The van der Waals surface area contributed by atoms with Crippen molar-refractivity contribution in [3.63, 3.8) is 0 Å². The standard InChI is InChI=1S/C36H52N2.2C2H5.Ni/c1-5-9-13-15-18-31-23-27-33(28-24-31)36(32-25-21-30(22-26-32)17-11-7-3)35(20-12-8-4)34(29-38-37)19-16-14-10-6-2;2*1-2;/h21-28H,5-20H2,1-4H3;2*1H2,2H3;/q;2*-1;+2. The van der Waals surface area contributed by atoms with Gasteiger partial charge in [0.1, 0.15) is 0 Å². The number of nitrogens with zero attached hydrogens (tertiary/aromatic N) is 2.